The van der Waals surface area contributed by atoms with E-state index >= 15 is 0 Å². The molecule has 130 valence electrons. The van der Waals surface area contributed by atoms with Gasteiger partial charge >= 0.3 is 0 Å². The van der Waals surface area contributed by atoms with Gasteiger partial charge in [-0.1, -0.05) is 35.9 Å². The first-order valence-corrected chi connectivity index (χ1v) is 9.73. The highest BCUT2D eigenvalue weighted by atomic mass is 35.5. The van der Waals surface area contributed by atoms with Crippen LogP contribution in [0.15, 0.2) is 46.3 Å². The van der Waals surface area contributed by atoms with Crippen LogP contribution >= 0.6 is 11.6 Å². The first-order chi connectivity index (χ1) is 12.0. The summed E-state index contributed by atoms with van der Waals surface area (Å²) < 4.78 is 41.4. The van der Waals surface area contributed by atoms with Crippen LogP contribution in [0.1, 0.15) is 12.8 Å². The summed E-state index contributed by atoms with van der Waals surface area (Å²) in [4.78, 5) is 4.40. The highest BCUT2D eigenvalue weighted by Gasteiger charge is 2.30. The second-order valence-electron chi connectivity index (χ2n) is 6.14. The van der Waals surface area contributed by atoms with E-state index in [1.807, 2.05) is 0 Å². The molecule has 1 heterocycles. The minimum Gasteiger partial charge on any atom is -0.324 e. The van der Waals surface area contributed by atoms with E-state index in [-0.39, 0.29) is 15.9 Å². The molecule has 0 atom stereocenters. The number of halogens is 2. The molecule has 0 bridgehead atoms. The predicted octanol–water partition coefficient (Wildman–Crippen LogP) is 3.62. The maximum atomic E-state index is 13.8. The van der Waals surface area contributed by atoms with Crippen molar-refractivity contribution in [1.82, 2.24) is 4.72 Å². The third-order valence-electron chi connectivity index (χ3n) is 4.24. The number of benzene rings is 2. The molecule has 25 heavy (non-hydrogen) atoms. The summed E-state index contributed by atoms with van der Waals surface area (Å²) >= 11 is 6.09. The van der Waals surface area contributed by atoms with Crippen LogP contribution in [0, 0.1) is 11.7 Å². The van der Waals surface area contributed by atoms with Crippen LogP contribution in [0.4, 0.5) is 10.1 Å². The number of nitrogens with one attached hydrogen (secondary N) is 2. The highest BCUT2D eigenvalue weighted by Crippen LogP contribution is 2.39. The van der Waals surface area contributed by atoms with Gasteiger partial charge in [0.05, 0.1) is 10.7 Å². The van der Waals surface area contributed by atoms with E-state index in [0.29, 0.717) is 29.3 Å². The molecule has 1 aliphatic heterocycles. The number of rotatable bonds is 3. The standard InChI is InChI=1S/C17H15ClFN3O2S/c18-15-11(3-1-5-13(15)19)12-4-2-6-14-16(12)21-17(22-25(14,23)24)20-9-10-7-8-10/h1-6,10H,7-9H2,(H2,20,21,22). The molecule has 2 aromatic rings. The van der Waals surface area contributed by atoms with E-state index in [1.165, 1.54) is 18.2 Å². The lowest BCUT2D eigenvalue weighted by Crippen LogP contribution is -2.41. The first-order valence-electron chi connectivity index (χ1n) is 7.87. The molecule has 2 aromatic carbocycles. The van der Waals surface area contributed by atoms with Crippen molar-refractivity contribution in [1.29, 1.82) is 0 Å². The Kier molecular flexibility index (Phi) is 3.92. The van der Waals surface area contributed by atoms with Gasteiger partial charge in [0.2, 0.25) is 5.96 Å². The molecule has 0 aromatic heterocycles. The van der Waals surface area contributed by atoms with E-state index < -0.39 is 15.8 Å². The van der Waals surface area contributed by atoms with Crippen LogP contribution in [0.2, 0.25) is 5.02 Å². The van der Waals surface area contributed by atoms with E-state index in [9.17, 15) is 12.8 Å². The Morgan fingerprint density at radius 1 is 1.16 bits per heavy atom. The maximum Gasteiger partial charge on any atom is 0.266 e. The highest BCUT2D eigenvalue weighted by molar-refractivity contribution is 7.90. The van der Waals surface area contributed by atoms with Gasteiger partial charge in [0.25, 0.3) is 10.0 Å². The number of nitrogens with zero attached hydrogens (tertiary/aromatic N) is 1. The summed E-state index contributed by atoms with van der Waals surface area (Å²) in [6, 6.07) is 9.23. The number of anilines is 1. The average Bonchev–Trinajstić information content (AvgIpc) is 3.39. The summed E-state index contributed by atoms with van der Waals surface area (Å²) in [7, 11) is -3.75. The molecular formula is C17H15ClFN3O2S. The lowest BCUT2D eigenvalue weighted by Gasteiger charge is -2.24. The summed E-state index contributed by atoms with van der Waals surface area (Å²) in [6.45, 7) is 0.572. The van der Waals surface area contributed by atoms with Gasteiger partial charge in [0, 0.05) is 17.7 Å². The van der Waals surface area contributed by atoms with Crippen molar-refractivity contribution in [2.24, 2.45) is 10.9 Å². The lowest BCUT2D eigenvalue weighted by atomic mass is 10.0. The number of hydrogen-bond acceptors (Lipinski definition) is 3. The van der Waals surface area contributed by atoms with E-state index in [0.717, 1.165) is 12.8 Å². The summed E-state index contributed by atoms with van der Waals surface area (Å²) in [5.41, 5.74) is 1.28. The molecule has 1 saturated carbocycles. The number of fused-ring (bicyclic) bond motifs is 1. The van der Waals surface area contributed by atoms with Crippen molar-refractivity contribution in [2.75, 3.05) is 11.9 Å². The van der Waals surface area contributed by atoms with Gasteiger partial charge < -0.3 is 5.32 Å². The van der Waals surface area contributed by atoms with E-state index in [2.05, 4.69) is 15.0 Å². The zero-order valence-corrected chi connectivity index (χ0v) is 14.7. The smallest absolute Gasteiger partial charge is 0.266 e. The van der Waals surface area contributed by atoms with Crippen LogP contribution in [-0.2, 0) is 10.0 Å². The molecule has 1 fully saturated rings. The molecule has 2 aliphatic rings. The topological polar surface area (TPSA) is 70.6 Å². The molecule has 1 aliphatic carbocycles. The Bertz CT molecular complexity index is 987. The second kappa shape index (κ2) is 6.00. The van der Waals surface area contributed by atoms with Gasteiger partial charge in [-0.3, -0.25) is 4.99 Å². The second-order valence-corrected chi connectivity index (χ2v) is 8.17. The average molecular weight is 380 g/mol. The predicted molar refractivity (Wildman–Crippen MR) is 95.8 cm³/mol. The number of sulfonamides is 1. The largest absolute Gasteiger partial charge is 0.324 e. The number of guanidine groups is 1. The van der Waals surface area contributed by atoms with Gasteiger partial charge in [-0.25, -0.2) is 17.5 Å². The molecule has 0 amide bonds. The van der Waals surface area contributed by atoms with Gasteiger partial charge in [-0.15, -0.1) is 0 Å². The SMILES string of the molecule is O=S1(=O)NC(=NCC2CC2)Nc2c(-c3cccc(F)c3Cl)cccc21. The van der Waals surface area contributed by atoms with Gasteiger partial charge in [0.15, 0.2) is 0 Å². The van der Waals surface area contributed by atoms with Crippen LogP contribution in [-0.4, -0.2) is 20.9 Å². The zero-order chi connectivity index (χ0) is 17.6. The fraction of sp³-hybridized carbons (Fsp3) is 0.235. The fourth-order valence-electron chi connectivity index (χ4n) is 2.74. The number of aliphatic imine (C=N–C) groups is 1. The van der Waals surface area contributed by atoms with E-state index in [1.54, 1.807) is 18.2 Å². The van der Waals surface area contributed by atoms with Gasteiger partial charge in [0.1, 0.15) is 10.7 Å². The maximum absolute atomic E-state index is 13.8. The first kappa shape index (κ1) is 16.4. The third-order valence-corrected chi connectivity index (χ3v) is 6.00. The van der Waals surface area contributed by atoms with E-state index in [4.69, 9.17) is 11.6 Å². The van der Waals surface area contributed by atoms with Crippen LogP contribution in [0.3, 0.4) is 0 Å². The van der Waals surface area contributed by atoms with Gasteiger partial charge in [-0.05, 0) is 30.9 Å². The van der Waals surface area contributed by atoms with Crippen LogP contribution < -0.4 is 10.0 Å². The Morgan fingerprint density at radius 3 is 2.64 bits per heavy atom. The fourth-order valence-corrected chi connectivity index (χ4v) is 4.13. The normalized spacial score (nSPS) is 19.8. The Hall–Kier alpha value is -2.12. The number of hydrogen-bond donors (Lipinski definition) is 2. The zero-order valence-electron chi connectivity index (χ0n) is 13.1. The third kappa shape index (κ3) is 3.09. The molecule has 2 N–H and O–H groups in total. The van der Waals surface area contributed by atoms with Crippen molar-refractivity contribution < 1.29 is 12.8 Å². The Labute approximate surface area is 150 Å². The van der Waals surface area contributed by atoms with Crippen molar-refractivity contribution in [2.45, 2.75) is 17.7 Å². The molecule has 5 nitrogen and oxygen atoms in total. The van der Waals surface area contributed by atoms with Crippen LogP contribution in [0.25, 0.3) is 11.1 Å². The summed E-state index contributed by atoms with van der Waals surface area (Å²) in [6.07, 6.45) is 2.23. The minimum atomic E-state index is -3.75. The van der Waals surface area contributed by atoms with Crippen LogP contribution in [0.5, 0.6) is 0 Å². The molecule has 8 heteroatoms. The minimum absolute atomic E-state index is 0.0508. The molecule has 0 radical (unpaired) electrons. The molecule has 0 saturated heterocycles. The summed E-state index contributed by atoms with van der Waals surface area (Å²) in [5, 5.41) is 2.98. The van der Waals surface area contributed by atoms with Crippen molar-refractivity contribution in [3.8, 4) is 11.1 Å². The summed E-state index contributed by atoms with van der Waals surface area (Å²) in [5.74, 6) is 0.142. The van der Waals surface area contributed by atoms with Gasteiger partial charge in [-0.2, -0.15) is 0 Å². The van der Waals surface area contributed by atoms with Crippen molar-refractivity contribution in [3.05, 3.63) is 47.2 Å². The monoisotopic (exact) mass is 379 g/mol. The molecular weight excluding hydrogens is 365 g/mol. The Morgan fingerprint density at radius 2 is 1.88 bits per heavy atom. The molecule has 4 rings (SSSR count). The van der Waals surface area contributed by atoms with Crippen molar-refractivity contribution >= 4 is 33.3 Å². The molecule has 0 unspecified atom stereocenters. The lowest BCUT2D eigenvalue weighted by molar-refractivity contribution is 0.591. The number of para-hydroxylation sites is 1. The molecule has 0 spiro atoms. The Balaban J connectivity index is 1.84. The van der Waals surface area contributed by atoms with Crippen molar-refractivity contribution in [3.63, 3.8) is 0 Å². The quantitative estimate of drug-likeness (QED) is 0.855.